The molecule has 1 atom stereocenters. The van der Waals surface area contributed by atoms with Gasteiger partial charge in [0, 0.05) is 13.0 Å². The third-order valence-electron chi connectivity index (χ3n) is 4.70. The van der Waals surface area contributed by atoms with Crippen molar-refractivity contribution in [3.05, 3.63) is 59.7 Å². The number of carbonyl (C=O) groups is 2. The number of anilines is 1. The lowest BCUT2D eigenvalue weighted by Gasteiger charge is -2.18. The molecule has 32 heavy (non-hydrogen) atoms. The van der Waals surface area contributed by atoms with Gasteiger partial charge in [0.2, 0.25) is 11.8 Å². The van der Waals surface area contributed by atoms with Crippen molar-refractivity contribution in [2.24, 2.45) is 10.9 Å². The number of amides is 2. The van der Waals surface area contributed by atoms with Gasteiger partial charge in [0.05, 0.1) is 16.9 Å². The lowest BCUT2D eigenvalue weighted by atomic mass is 10.1. The summed E-state index contributed by atoms with van der Waals surface area (Å²) in [7, 11) is 0. The van der Waals surface area contributed by atoms with Crippen molar-refractivity contribution in [3.63, 3.8) is 0 Å². The number of aryl methyl sites for hydroxylation is 1. The van der Waals surface area contributed by atoms with Crippen LogP contribution in [0.2, 0.25) is 0 Å². The van der Waals surface area contributed by atoms with Crippen LogP contribution in [0, 0.1) is 12.8 Å². The Bertz CT molecular complexity index is 1020. The molecule has 9 heteroatoms. The van der Waals surface area contributed by atoms with Crippen molar-refractivity contribution >= 4 is 40.1 Å². The Balaban J connectivity index is 1.77. The number of alkyl halides is 3. The van der Waals surface area contributed by atoms with E-state index in [4.69, 9.17) is 0 Å². The first-order valence-electron chi connectivity index (χ1n) is 10.1. The van der Waals surface area contributed by atoms with E-state index in [1.54, 1.807) is 4.90 Å². The predicted octanol–water partition coefficient (Wildman–Crippen LogP) is 5.63. The van der Waals surface area contributed by atoms with E-state index in [0.29, 0.717) is 17.4 Å². The highest BCUT2D eigenvalue weighted by Gasteiger charge is 2.40. The molecule has 1 saturated heterocycles. The summed E-state index contributed by atoms with van der Waals surface area (Å²) in [4.78, 5) is 31.6. The van der Waals surface area contributed by atoms with Crippen molar-refractivity contribution < 1.29 is 22.8 Å². The second-order valence-electron chi connectivity index (χ2n) is 7.97. The summed E-state index contributed by atoms with van der Waals surface area (Å²) >= 11 is 1.16. The van der Waals surface area contributed by atoms with Crippen LogP contribution in [-0.2, 0) is 15.8 Å². The molecule has 0 radical (unpaired) electrons. The third-order valence-corrected chi connectivity index (χ3v) is 5.88. The van der Waals surface area contributed by atoms with Gasteiger partial charge in [0.15, 0.2) is 5.17 Å². The number of hydrogen-bond acceptors (Lipinski definition) is 4. The molecule has 0 bridgehead atoms. The van der Waals surface area contributed by atoms with Gasteiger partial charge in [-0.1, -0.05) is 55.4 Å². The first-order valence-corrected chi connectivity index (χ1v) is 11.0. The van der Waals surface area contributed by atoms with Crippen LogP contribution in [0.1, 0.15) is 31.4 Å². The first-order chi connectivity index (χ1) is 15.0. The molecule has 0 aromatic heterocycles. The number of nitrogens with zero attached hydrogens (tertiary/aromatic N) is 2. The van der Waals surface area contributed by atoms with Gasteiger partial charge in [-0.25, -0.2) is 4.99 Å². The smallest absolute Gasteiger partial charge is 0.325 e. The minimum Gasteiger partial charge on any atom is -0.325 e. The quantitative estimate of drug-likeness (QED) is 0.604. The van der Waals surface area contributed by atoms with E-state index in [1.165, 1.54) is 18.2 Å². The van der Waals surface area contributed by atoms with Crippen molar-refractivity contribution in [3.8, 4) is 0 Å². The fourth-order valence-electron chi connectivity index (χ4n) is 3.20. The molecular weight excluding hydrogens is 439 g/mol. The molecule has 1 aliphatic rings. The van der Waals surface area contributed by atoms with Crippen LogP contribution >= 0.6 is 11.8 Å². The molecule has 2 amide bonds. The fourth-order valence-corrected chi connectivity index (χ4v) is 4.36. The van der Waals surface area contributed by atoms with Gasteiger partial charge >= 0.3 is 6.18 Å². The number of benzene rings is 2. The van der Waals surface area contributed by atoms with Gasteiger partial charge in [-0.15, -0.1) is 0 Å². The number of para-hydroxylation sites is 1. The number of halogens is 3. The summed E-state index contributed by atoms with van der Waals surface area (Å²) in [5.41, 5.74) is 0.510. The van der Waals surface area contributed by atoms with Crippen LogP contribution in [-0.4, -0.2) is 33.7 Å². The summed E-state index contributed by atoms with van der Waals surface area (Å²) in [5.74, 6) is -0.753. The number of aliphatic imine (C=N–C) groups is 1. The lowest BCUT2D eigenvalue weighted by molar-refractivity contribution is -0.137. The zero-order valence-electron chi connectivity index (χ0n) is 17.9. The molecule has 2 aromatic rings. The van der Waals surface area contributed by atoms with E-state index in [9.17, 15) is 22.8 Å². The van der Waals surface area contributed by atoms with Crippen molar-refractivity contribution in [1.82, 2.24) is 4.90 Å². The third kappa shape index (κ3) is 5.91. The standard InChI is InChI=1S/C23H24F3N3O2S/c1-14(2)13-29-21(31)19(32-22(29)27-16-10-8-15(3)9-11-16)12-20(30)28-18-7-5-4-6-17(18)23(24,25)26/h4-11,14,19H,12-13H2,1-3H3,(H,28,30). The number of nitrogens with one attached hydrogen (secondary N) is 1. The average Bonchev–Trinajstić information content (AvgIpc) is 2.97. The molecule has 1 aliphatic heterocycles. The number of amidine groups is 1. The maximum Gasteiger partial charge on any atom is 0.418 e. The normalized spacial score (nSPS) is 18.0. The molecule has 0 spiro atoms. The average molecular weight is 464 g/mol. The molecule has 1 fully saturated rings. The zero-order chi connectivity index (χ0) is 23.5. The Morgan fingerprint density at radius 2 is 1.81 bits per heavy atom. The zero-order valence-corrected chi connectivity index (χ0v) is 18.8. The Hall–Kier alpha value is -2.81. The summed E-state index contributed by atoms with van der Waals surface area (Å²) in [6.45, 7) is 6.33. The van der Waals surface area contributed by atoms with E-state index in [1.807, 2.05) is 45.0 Å². The number of thioether (sulfide) groups is 1. The Kier molecular flexibility index (Phi) is 7.28. The van der Waals surface area contributed by atoms with E-state index < -0.39 is 22.9 Å². The summed E-state index contributed by atoms with van der Waals surface area (Å²) < 4.78 is 39.6. The maximum atomic E-state index is 13.2. The van der Waals surface area contributed by atoms with E-state index in [-0.39, 0.29) is 23.9 Å². The Morgan fingerprint density at radius 3 is 2.44 bits per heavy atom. The summed E-state index contributed by atoms with van der Waals surface area (Å²) in [5, 5.41) is 2.04. The van der Waals surface area contributed by atoms with Crippen LogP contribution in [0.4, 0.5) is 24.5 Å². The molecule has 0 saturated carbocycles. The summed E-state index contributed by atoms with van der Waals surface area (Å²) in [6.07, 6.45) is -4.85. The second-order valence-corrected chi connectivity index (χ2v) is 9.14. The highest BCUT2D eigenvalue weighted by atomic mass is 32.2. The molecule has 2 aromatic carbocycles. The Morgan fingerprint density at radius 1 is 1.16 bits per heavy atom. The topological polar surface area (TPSA) is 61.8 Å². The lowest BCUT2D eigenvalue weighted by Crippen LogP contribution is -2.36. The maximum absolute atomic E-state index is 13.2. The number of rotatable bonds is 6. The van der Waals surface area contributed by atoms with Crippen molar-refractivity contribution in [1.29, 1.82) is 0 Å². The van der Waals surface area contributed by atoms with Gasteiger partial charge in [-0.2, -0.15) is 13.2 Å². The molecule has 0 aliphatic carbocycles. The molecule has 5 nitrogen and oxygen atoms in total. The fraction of sp³-hybridized carbons (Fsp3) is 0.348. The second kappa shape index (κ2) is 9.77. The van der Waals surface area contributed by atoms with Gasteiger partial charge < -0.3 is 5.32 Å². The molecule has 170 valence electrons. The number of hydrogen-bond donors (Lipinski definition) is 1. The summed E-state index contributed by atoms with van der Waals surface area (Å²) in [6, 6.07) is 12.3. The molecular formula is C23H24F3N3O2S. The van der Waals surface area contributed by atoms with Crippen LogP contribution in [0.3, 0.4) is 0 Å². The molecule has 3 rings (SSSR count). The van der Waals surface area contributed by atoms with Crippen molar-refractivity contribution in [2.45, 2.75) is 38.6 Å². The SMILES string of the molecule is Cc1ccc(N=C2SC(CC(=O)Nc3ccccc3C(F)(F)F)C(=O)N2CC(C)C)cc1. The highest BCUT2D eigenvalue weighted by Crippen LogP contribution is 2.36. The monoisotopic (exact) mass is 463 g/mol. The molecule has 1 N–H and O–H groups in total. The predicted molar refractivity (Wildman–Crippen MR) is 121 cm³/mol. The van der Waals surface area contributed by atoms with Crippen LogP contribution in [0.5, 0.6) is 0 Å². The minimum atomic E-state index is -4.59. The Labute approximate surface area is 189 Å². The van der Waals surface area contributed by atoms with Crippen LogP contribution < -0.4 is 5.32 Å². The van der Waals surface area contributed by atoms with E-state index in [2.05, 4.69) is 10.3 Å². The van der Waals surface area contributed by atoms with Crippen LogP contribution in [0.15, 0.2) is 53.5 Å². The van der Waals surface area contributed by atoms with Gasteiger partial charge in [0.1, 0.15) is 5.25 Å². The molecule has 1 heterocycles. The van der Waals surface area contributed by atoms with Gasteiger partial charge in [-0.05, 0) is 37.1 Å². The number of carbonyl (C=O) groups excluding carboxylic acids is 2. The van der Waals surface area contributed by atoms with E-state index >= 15 is 0 Å². The minimum absolute atomic E-state index is 0.175. The molecule has 1 unspecified atom stereocenters. The largest absolute Gasteiger partial charge is 0.418 e. The van der Waals surface area contributed by atoms with Gasteiger partial charge in [-0.3, -0.25) is 14.5 Å². The first kappa shape index (κ1) is 23.8. The highest BCUT2D eigenvalue weighted by molar-refractivity contribution is 8.15. The van der Waals surface area contributed by atoms with E-state index in [0.717, 1.165) is 23.4 Å². The van der Waals surface area contributed by atoms with Crippen molar-refractivity contribution in [2.75, 3.05) is 11.9 Å². The van der Waals surface area contributed by atoms with Gasteiger partial charge in [0.25, 0.3) is 0 Å². The van der Waals surface area contributed by atoms with Crippen LogP contribution in [0.25, 0.3) is 0 Å².